The normalized spacial score (nSPS) is 11.5. The number of nitrogens with one attached hydrogen (secondary N) is 1. The Hall–Kier alpha value is -3.07. The topological polar surface area (TPSA) is 76.8 Å². The van der Waals surface area contributed by atoms with E-state index >= 15 is 0 Å². The Balaban J connectivity index is 1.69. The lowest BCUT2D eigenvalue weighted by atomic mass is 10.1. The summed E-state index contributed by atoms with van der Waals surface area (Å²) >= 11 is 1.73. The lowest BCUT2D eigenvalue weighted by molar-refractivity contribution is 0.354. The van der Waals surface area contributed by atoms with Gasteiger partial charge in [0.1, 0.15) is 12.4 Å². The summed E-state index contributed by atoms with van der Waals surface area (Å²) in [6, 6.07) is 10.2. The number of aromatic nitrogens is 3. The SMILES string of the molecule is COc1ccc(CCN(C)C(=NCc2nnc(C)n2C)NCc2cccs2)cc1OC. The van der Waals surface area contributed by atoms with Crippen molar-refractivity contribution in [3.05, 3.63) is 57.8 Å². The van der Waals surface area contributed by atoms with Crippen LogP contribution in [0.4, 0.5) is 0 Å². The Bertz CT molecular complexity index is 1000. The molecule has 0 aliphatic heterocycles. The van der Waals surface area contributed by atoms with Crippen LogP contribution in [0, 0.1) is 6.92 Å². The Labute approximate surface area is 187 Å². The molecule has 0 amide bonds. The van der Waals surface area contributed by atoms with E-state index in [9.17, 15) is 0 Å². The highest BCUT2D eigenvalue weighted by atomic mass is 32.1. The van der Waals surface area contributed by atoms with E-state index in [1.807, 2.05) is 37.7 Å². The molecular formula is C22H30N6O2S. The second kappa shape index (κ2) is 10.8. The Morgan fingerprint density at radius 1 is 1.19 bits per heavy atom. The number of benzene rings is 1. The fourth-order valence-corrected chi connectivity index (χ4v) is 3.71. The van der Waals surface area contributed by atoms with Crippen LogP contribution in [0.1, 0.15) is 22.1 Å². The molecule has 2 heterocycles. The number of ether oxygens (including phenoxy) is 2. The second-order valence-electron chi connectivity index (χ2n) is 7.16. The fraction of sp³-hybridized carbons (Fsp3) is 0.409. The quantitative estimate of drug-likeness (QED) is 0.406. The number of guanidine groups is 1. The van der Waals surface area contributed by atoms with Gasteiger partial charge in [0.25, 0.3) is 0 Å². The summed E-state index contributed by atoms with van der Waals surface area (Å²) in [5.74, 6) is 4.01. The van der Waals surface area contributed by atoms with Gasteiger partial charge in [-0.05, 0) is 42.5 Å². The highest BCUT2D eigenvalue weighted by Gasteiger charge is 2.11. The van der Waals surface area contributed by atoms with E-state index in [0.29, 0.717) is 6.54 Å². The predicted molar refractivity (Wildman–Crippen MR) is 124 cm³/mol. The number of thiophene rings is 1. The molecule has 31 heavy (non-hydrogen) atoms. The van der Waals surface area contributed by atoms with Crippen LogP contribution in [-0.2, 0) is 26.6 Å². The van der Waals surface area contributed by atoms with E-state index in [1.54, 1.807) is 25.6 Å². The first kappa shape index (κ1) is 22.6. The van der Waals surface area contributed by atoms with Crippen molar-refractivity contribution in [1.29, 1.82) is 0 Å². The van der Waals surface area contributed by atoms with Gasteiger partial charge in [-0.15, -0.1) is 21.5 Å². The number of aliphatic imine (C=N–C) groups is 1. The molecule has 0 bridgehead atoms. The smallest absolute Gasteiger partial charge is 0.194 e. The minimum Gasteiger partial charge on any atom is -0.493 e. The lowest BCUT2D eigenvalue weighted by Crippen LogP contribution is -2.39. The van der Waals surface area contributed by atoms with Gasteiger partial charge in [0.05, 0.1) is 20.8 Å². The number of methoxy groups -OCH3 is 2. The Morgan fingerprint density at radius 3 is 2.65 bits per heavy atom. The van der Waals surface area contributed by atoms with E-state index in [1.165, 1.54) is 10.4 Å². The molecule has 166 valence electrons. The molecule has 1 aromatic carbocycles. The molecule has 8 nitrogen and oxygen atoms in total. The summed E-state index contributed by atoms with van der Waals surface area (Å²) in [4.78, 5) is 8.20. The summed E-state index contributed by atoms with van der Waals surface area (Å²) in [5, 5.41) is 13.9. The molecule has 0 fully saturated rings. The van der Waals surface area contributed by atoms with E-state index in [2.05, 4.69) is 44.0 Å². The summed E-state index contributed by atoms with van der Waals surface area (Å²) in [7, 11) is 7.30. The van der Waals surface area contributed by atoms with Gasteiger partial charge < -0.3 is 24.3 Å². The molecule has 0 atom stereocenters. The van der Waals surface area contributed by atoms with Gasteiger partial charge >= 0.3 is 0 Å². The molecule has 3 rings (SSSR count). The molecular weight excluding hydrogens is 412 g/mol. The molecule has 0 aliphatic carbocycles. The minimum atomic E-state index is 0.463. The van der Waals surface area contributed by atoms with Gasteiger partial charge in [-0.3, -0.25) is 0 Å². The number of hydrogen-bond acceptors (Lipinski definition) is 6. The minimum absolute atomic E-state index is 0.463. The summed E-state index contributed by atoms with van der Waals surface area (Å²) in [6.07, 6.45) is 0.847. The molecule has 0 saturated heterocycles. The molecule has 0 aliphatic rings. The highest BCUT2D eigenvalue weighted by molar-refractivity contribution is 7.09. The zero-order valence-electron chi connectivity index (χ0n) is 18.8. The van der Waals surface area contributed by atoms with Gasteiger partial charge in [0.15, 0.2) is 23.3 Å². The zero-order chi connectivity index (χ0) is 22.2. The third kappa shape index (κ3) is 5.97. The maximum Gasteiger partial charge on any atom is 0.194 e. The van der Waals surface area contributed by atoms with E-state index in [0.717, 1.165) is 48.6 Å². The van der Waals surface area contributed by atoms with Gasteiger partial charge in [0.2, 0.25) is 0 Å². The molecule has 0 unspecified atom stereocenters. The van der Waals surface area contributed by atoms with Crippen LogP contribution in [0.5, 0.6) is 11.5 Å². The third-order valence-corrected chi connectivity index (χ3v) is 5.98. The van der Waals surface area contributed by atoms with Crippen molar-refractivity contribution in [3.8, 4) is 11.5 Å². The lowest BCUT2D eigenvalue weighted by Gasteiger charge is -2.22. The average Bonchev–Trinajstić information content (AvgIpc) is 3.42. The van der Waals surface area contributed by atoms with Crippen LogP contribution in [0.15, 0.2) is 40.7 Å². The van der Waals surface area contributed by atoms with Crippen molar-refractivity contribution in [1.82, 2.24) is 25.0 Å². The number of likely N-dealkylation sites (N-methyl/N-ethyl adjacent to an activating group) is 1. The van der Waals surface area contributed by atoms with Gasteiger partial charge in [0, 0.05) is 25.5 Å². The van der Waals surface area contributed by atoms with Gasteiger partial charge in [-0.2, -0.15) is 0 Å². The zero-order valence-corrected chi connectivity index (χ0v) is 19.6. The molecule has 0 radical (unpaired) electrons. The van der Waals surface area contributed by atoms with Crippen LogP contribution in [0.2, 0.25) is 0 Å². The monoisotopic (exact) mass is 442 g/mol. The molecule has 0 saturated carbocycles. The summed E-state index contributed by atoms with van der Waals surface area (Å²) < 4.78 is 12.7. The van der Waals surface area contributed by atoms with Crippen molar-refractivity contribution >= 4 is 17.3 Å². The van der Waals surface area contributed by atoms with E-state index in [4.69, 9.17) is 14.5 Å². The van der Waals surface area contributed by atoms with Crippen LogP contribution in [0.3, 0.4) is 0 Å². The van der Waals surface area contributed by atoms with Crippen molar-refractivity contribution in [2.45, 2.75) is 26.4 Å². The Morgan fingerprint density at radius 2 is 2.00 bits per heavy atom. The first-order valence-electron chi connectivity index (χ1n) is 10.1. The highest BCUT2D eigenvalue weighted by Crippen LogP contribution is 2.27. The first-order valence-corrected chi connectivity index (χ1v) is 11.0. The van der Waals surface area contributed by atoms with Crippen molar-refractivity contribution < 1.29 is 9.47 Å². The van der Waals surface area contributed by atoms with Crippen molar-refractivity contribution in [2.24, 2.45) is 12.0 Å². The third-order valence-electron chi connectivity index (χ3n) is 5.10. The van der Waals surface area contributed by atoms with Crippen LogP contribution >= 0.6 is 11.3 Å². The van der Waals surface area contributed by atoms with E-state index in [-0.39, 0.29) is 0 Å². The number of rotatable bonds is 9. The van der Waals surface area contributed by atoms with Crippen LogP contribution in [-0.4, -0.2) is 53.4 Å². The van der Waals surface area contributed by atoms with E-state index < -0.39 is 0 Å². The number of hydrogen-bond donors (Lipinski definition) is 1. The summed E-state index contributed by atoms with van der Waals surface area (Å²) in [6.45, 7) is 3.93. The molecule has 2 aromatic heterocycles. The molecule has 1 N–H and O–H groups in total. The second-order valence-corrected chi connectivity index (χ2v) is 8.19. The number of aryl methyl sites for hydroxylation is 1. The van der Waals surface area contributed by atoms with Gasteiger partial charge in [-0.1, -0.05) is 12.1 Å². The van der Waals surface area contributed by atoms with Crippen LogP contribution in [0.25, 0.3) is 0 Å². The first-order chi connectivity index (χ1) is 15.0. The van der Waals surface area contributed by atoms with Crippen molar-refractivity contribution in [2.75, 3.05) is 27.8 Å². The Kier molecular flexibility index (Phi) is 7.88. The van der Waals surface area contributed by atoms with Crippen molar-refractivity contribution in [3.63, 3.8) is 0 Å². The largest absolute Gasteiger partial charge is 0.493 e. The molecule has 0 spiro atoms. The average molecular weight is 443 g/mol. The fourth-order valence-electron chi connectivity index (χ4n) is 3.06. The standard InChI is InChI=1S/C22H30N6O2S/c1-16-25-26-21(28(16)3)15-24-22(23-14-18-7-6-12-31-18)27(2)11-10-17-8-9-19(29-4)20(13-17)30-5/h6-9,12-13H,10-11,14-15H2,1-5H3,(H,23,24). The summed E-state index contributed by atoms with van der Waals surface area (Å²) in [5.41, 5.74) is 1.17. The maximum absolute atomic E-state index is 5.42. The van der Waals surface area contributed by atoms with Gasteiger partial charge in [-0.25, -0.2) is 4.99 Å². The van der Waals surface area contributed by atoms with Crippen LogP contribution < -0.4 is 14.8 Å². The number of nitrogens with zero attached hydrogens (tertiary/aromatic N) is 5. The maximum atomic E-state index is 5.42. The molecule has 9 heteroatoms. The molecule has 3 aromatic rings. The predicted octanol–water partition coefficient (Wildman–Crippen LogP) is 3.02.